The van der Waals surface area contributed by atoms with Gasteiger partial charge in [0.1, 0.15) is 18.2 Å². The first kappa shape index (κ1) is 32.6. The zero-order valence-corrected chi connectivity index (χ0v) is 31.2. The molecule has 1 aliphatic rings. The number of para-hydroxylation sites is 1. The van der Waals surface area contributed by atoms with E-state index in [0.717, 1.165) is 28.2 Å². The zero-order valence-electron chi connectivity index (χ0n) is 30.4. The summed E-state index contributed by atoms with van der Waals surface area (Å²) in [6, 6.07) is 69.8. The van der Waals surface area contributed by atoms with Crippen LogP contribution in [0, 0.1) is 0 Å². The smallest absolute Gasteiger partial charge is 0.131 e. The Hall–Kier alpha value is -6.79. The molecular formula is C51H36N4S. The molecule has 3 heterocycles. The number of hydrogen-bond donors (Lipinski definition) is 2. The molecule has 0 amide bonds. The van der Waals surface area contributed by atoms with E-state index < -0.39 is 0 Å². The fourth-order valence-corrected chi connectivity index (χ4v) is 9.64. The second-order valence-corrected chi connectivity index (χ2v) is 15.5. The molecule has 0 saturated heterocycles. The topological polar surface area (TPSA) is 41.4 Å². The van der Waals surface area contributed by atoms with Crippen LogP contribution < -0.4 is 10.6 Å². The molecule has 0 bridgehead atoms. The van der Waals surface area contributed by atoms with Crippen molar-refractivity contribution in [3.8, 4) is 27.9 Å². The van der Waals surface area contributed by atoms with Gasteiger partial charge in [-0.25, -0.2) is 4.99 Å². The normalized spacial score (nSPS) is 15.7. The van der Waals surface area contributed by atoms with E-state index in [0.29, 0.717) is 0 Å². The molecule has 0 spiro atoms. The Kier molecular flexibility index (Phi) is 7.87. The molecule has 0 aliphatic carbocycles. The van der Waals surface area contributed by atoms with Crippen LogP contribution in [-0.2, 0) is 0 Å². The molecule has 0 fully saturated rings. The maximum atomic E-state index is 5.24. The molecular weight excluding hydrogens is 701 g/mol. The van der Waals surface area contributed by atoms with Gasteiger partial charge in [-0.15, -0.1) is 11.3 Å². The van der Waals surface area contributed by atoms with E-state index in [9.17, 15) is 0 Å². The van der Waals surface area contributed by atoms with Crippen LogP contribution in [0.15, 0.2) is 199 Å². The molecule has 2 aromatic heterocycles. The van der Waals surface area contributed by atoms with Crippen molar-refractivity contribution in [2.24, 2.45) is 4.99 Å². The van der Waals surface area contributed by atoms with Crippen LogP contribution in [-0.4, -0.2) is 10.4 Å². The van der Waals surface area contributed by atoms with Gasteiger partial charge >= 0.3 is 0 Å². The van der Waals surface area contributed by atoms with Gasteiger partial charge in [0.15, 0.2) is 0 Å². The molecule has 1 aliphatic heterocycles. The van der Waals surface area contributed by atoms with Crippen molar-refractivity contribution >= 4 is 59.2 Å². The number of fused-ring (bicyclic) bond motifs is 6. The summed E-state index contributed by atoms with van der Waals surface area (Å²) in [5.41, 5.74) is 11.7. The average molecular weight is 737 g/mol. The summed E-state index contributed by atoms with van der Waals surface area (Å²) in [5, 5.41) is 12.7. The van der Waals surface area contributed by atoms with Crippen molar-refractivity contribution in [3.63, 3.8) is 0 Å². The lowest BCUT2D eigenvalue weighted by atomic mass is 10.0. The molecule has 2 atom stereocenters. The van der Waals surface area contributed by atoms with Gasteiger partial charge in [0, 0.05) is 42.2 Å². The number of thiophene rings is 1. The molecule has 266 valence electrons. The largest absolute Gasteiger partial charge is 0.350 e. The van der Waals surface area contributed by atoms with Crippen molar-refractivity contribution in [3.05, 3.63) is 211 Å². The van der Waals surface area contributed by atoms with E-state index in [1.54, 1.807) is 0 Å². The Morgan fingerprint density at radius 2 is 1.14 bits per heavy atom. The van der Waals surface area contributed by atoms with Gasteiger partial charge in [-0.05, 0) is 75.8 Å². The lowest BCUT2D eigenvalue weighted by Gasteiger charge is -2.32. The molecule has 4 nitrogen and oxygen atoms in total. The standard InChI is InChI=1S/C51H36N4S/c1-3-14-33(15-4-1)35-18-11-19-37(30-35)50-52-49(34-16-5-2-6-17-34)53-51(54-50)38-20-12-21-39(31-38)55-45-26-9-7-22-41(45)44-32-36(28-29-46(44)55)40-24-13-25-43-42-23-8-10-27-47(42)56-48(40)43/h1-32,50-51,54H,(H,52,53). The van der Waals surface area contributed by atoms with E-state index in [1.807, 2.05) is 17.4 Å². The fourth-order valence-electron chi connectivity index (χ4n) is 8.40. The van der Waals surface area contributed by atoms with E-state index in [2.05, 4.69) is 203 Å². The number of amidine groups is 1. The Balaban J connectivity index is 1.00. The summed E-state index contributed by atoms with van der Waals surface area (Å²) in [6.07, 6.45) is -0.435. The van der Waals surface area contributed by atoms with Gasteiger partial charge in [-0.1, -0.05) is 152 Å². The SMILES string of the molecule is c1ccc(C2=NC(c3cccc(-c4ccccc4)c3)NC(c3cccc(-n4c5ccccc5c5cc(-c6cccc7c6sc6ccccc67)ccc54)c3)N2)cc1. The minimum atomic E-state index is -0.249. The van der Waals surface area contributed by atoms with Gasteiger partial charge in [0.2, 0.25) is 0 Å². The van der Waals surface area contributed by atoms with E-state index in [1.165, 1.54) is 64.2 Å². The minimum Gasteiger partial charge on any atom is -0.350 e. The first-order valence-electron chi connectivity index (χ1n) is 19.1. The Bertz CT molecular complexity index is 3100. The molecule has 11 rings (SSSR count). The molecule has 56 heavy (non-hydrogen) atoms. The molecule has 10 aromatic rings. The molecule has 0 saturated carbocycles. The molecule has 8 aromatic carbocycles. The number of nitrogens with one attached hydrogen (secondary N) is 2. The maximum Gasteiger partial charge on any atom is 0.131 e. The van der Waals surface area contributed by atoms with E-state index in [4.69, 9.17) is 4.99 Å². The highest BCUT2D eigenvalue weighted by molar-refractivity contribution is 7.26. The van der Waals surface area contributed by atoms with Crippen LogP contribution in [0.1, 0.15) is 29.0 Å². The predicted molar refractivity (Wildman–Crippen MR) is 236 cm³/mol. The van der Waals surface area contributed by atoms with Crippen LogP contribution in [0.4, 0.5) is 0 Å². The fraction of sp³-hybridized carbons (Fsp3) is 0.0392. The van der Waals surface area contributed by atoms with E-state index in [-0.39, 0.29) is 12.3 Å². The number of hydrogen-bond acceptors (Lipinski definition) is 4. The monoisotopic (exact) mass is 736 g/mol. The summed E-state index contributed by atoms with van der Waals surface area (Å²) >= 11 is 1.88. The Morgan fingerprint density at radius 3 is 2.02 bits per heavy atom. The Labute approximate surface area is 329 Å². The number of rotatable bonds is 6. The summed E-state index contributed by atoms with van der Waals surface area (Å²) in [4.78, 5) is 5.24. The Morgan fingerprint density at radius 1 is 0.464 bits per heavy atom. The van der Waals surface area contributed by atoms with E-state index >= 15 is 0 Å². The summed E-state index contributed by atoms with van der Waals surface area (Å²) < 4.78 is 5.07. The first-order valence-corrected chi connectivity index (χ1v) is 19.9. The van der Waals surface area contributed by atoms with Gasteiger partial charge in [-0.3, -0.25) is 5.32 Å². The van der Waals surface area contributed by atoms with Crippen LogP contribution in [0.2, 0.25) is 0 Å². The lowest BCUT2D eigenvalue weighted by molar-refractivity contribution is 0.409. The number of nitrogens with zero attached hydrogens (tertiary/aromatic N) is 2. The van der Waals surface area contributed by atoms with Gasteiger partial charge in [-0.2, -0.15) is 0 Å². The van der Waals surface area contributed by atoms with Crippen LogP contribution in [0.3, 0.4) is 0 Å². The first-order chi connectivity index (χ1) is 27.7. The van der Waals surface area contributed by atoms with Crippen LogP contribution in [0.5, 0.6) is 0 Å². The minimum absolute atomic E-state index is 0.186. The second kappa shape index (κ2) is 13.5. The maximum absolute atomic E-state index is 5.24. The molecule has 2 unspecified atom stereocenters. The third-order valence-electron chi connectivity index (χ3n) is 11.1. The van der Waals surface area contributed by atoms with Crippen LogP contribution in [0.25, 0.3) is 69.9 Å². The third kappa shape index (κ3) is 5.60. The highest BCUT2D eigenvalue weighted by atomic mass is 32.1. The highest BCUT2D eigenvalue weighted by Crippen LogP contribution is 2.42. The number of aromatic nitrogens is 1. The van der Waals surface area contributed by atoms with Gasteiger partial charge in [0.25, 0.3) is 0 Å². The summed E-state index contributed by atoms with van der Waals surface area (Å²) in [6.45, 7) is 0. The number of benzene rings is 8. The predicted octanol–water partition coefficient (Wildman–Crippen LogP) is 12.8. The average Bonchev–Trinajstić information content (AvgIpc) is 3.83. The number of aliphatic imine (C=N–C) groups is 1. The third-order valence-corrected chi connectivity index (χ3v) is 12.3. The summed E-state index contributed by atoms with van der Waals surface area (Å²) in [5.74, 6) is 0.868. The van der Waals surface area contributed by atoms with Crippen LogP contribution >= 0.6 is 11.3 Å². The highest BCUT2D eigenvalue weighted by Gasteiger charge is 2.26. The van der Waals surface area contributed by atoms with Crippen molar-refractivity contribution in [1.29, 1.82) is 0 Å². The van der Waals surface area contributed by atoms with Crippen molar-refractivity contribution in [2.45, 2.75) is 12.3 Å². The second-order valence-electron chi connectivity index (χ2n) is 14.4. The van der Waals surface area contributed by atoms with Crippen molar-refractivity contribution in [1.82, 2.24) is 15.2 Å². The molecule has 0 radical (unpaired) electrons. The summed E-state index contributed by atoms with van der Waals surface area (Å²) in [7, 11) is 0. The van der Waals surface area contributed by atoms with Gasteiger partial charge in [0.05, 0.1) is 11.0 Å². The quantitative estimate of drug-likeness (QED) is 0.178. The van der Waals surface area contributed by atoms with Gasteiger partial charge < -0.3 is 9.88 Å². The van der Waals surface area contributed by atoms with Crippen molar-refractivity contribution < 1.29 is 0 Å². The zero-order chi connectivity index (χ0) is 37.0. The lowest BCUT2D eigenvalue weighted by Crippen LogP contribution is -2.45. The van der Waals surface area contributed by atoms with Crippen molar-refractivity contribution in [2.75, 3.05) is 0 Å². The molecule has 5 heteroatoms. The molecule has 2 N–H and O–H groups in total.